The van der Waals surface area contributed by atoms with Crippen molar-refractivity contribution in [3.05, 3.63) is 34.9 Å². The molecule has 0 aliphatic carbocycles. The number of rotatable bonds is 4. The van der Waals surface area contributed by atoms with Crippen molar-refractivity contribution in [3.63, 3.8) is 0 Å². The summed E-state index contributed by atoms with van der Waals surface area (Å²) in [6.45, 7) is 11.6. The summed E-state index contributed by atoms with van der Waals surface area (Å²) in [5.74, 6) is 0.859. The van der Waals surface area contributed by atoms with Gasteiger partial charge < -0.3 is 15.4 Å². The summed E-state index contributed by atoms with van der Waals surface area (Å²) in [6.07, 6.45) is 1.93. The molecule has 0 atom stereocenters. The number of hydrogen-bond donors (Lipinski definition) is 2. The highest BCUT2D eigenvalue weighted by Crippen LogP contribution is 2.36. The molecule has 1 fully saturated rings. The molecule has 1 aliphatic heterocycles. The Kier molecular flexibility index (Phi) is 8.98. The molecule has 1 saturated heterocycles. The Morgan fingerprint density at radius 1 is 1.28 bits per heavy atom. The molecule has 25 heavy (non-hydrogen) atoms. The van der Waals surface area contributed by atoms with E-state index < -0.39 is 0 Å². The van der Waals surface area contributed by atoms with E-state index in [1.165, 1.54) is 5.56 Å². The lowest BCUT2D eigenvalue weighted by atomic mass is 9.74. The molecule has 2 rings (SSSR count). The molecule has 1 heterocycles. The standard InChI is InChI=1S/C19H30ClN3O.HI/c1-5-21-17(23-18(2,3)4)22-14-19(9-11-24-12-10-19)15-7-6-8-16(20)13-15;/h6-8,13H,5,9-12,14H2,1-4H3,(H2,21,22,23);1H. The highest BCUT2D eigenvalue weighted by Gasteiger charge is 2.34. The molecule has 1 aromatic carbocycles. The van der Waals surface area contributed by atoms with Crippen molar-refractivity contribution in [2.24, 2.45) is 4.99 Å². The van der Waals surface area contributed by atoms with Crippen molar-refractivity contribution in [2.75, 3.05) is 26.3 Å². The van der Waals surface area contributed by atoms with Gasteiger partial charge in [-0.3, -0.25) is 4.99 Å². The van der Waals surface area contributed by atoms with Gasteiger partial charge in [0.2, 0.25) is 0 Å². The second-order valence-electron chi connectivity index (χ2n) is 7.47. The van der Waals surface area contributed by atoms with Crippen LogP contribution in [0.5, 0.6) is 0 Å². The molecule has 4 nitrogen and oxygen atoms in total. The van der Waals surface area contributed by atoms with Crippen LogP contribution in [-0.4, -0.2) is 37.8 Å². The van der Waals surface area contributed by atoms with Gasteiger partial charge in [0.25, 0.3) is 0 Å². The van der Waals surface area contributed by atoms with Gasteiger partial charge in [-0.25, -0.2) is 0 Å². The monoisotopic (exact) mass is 479 g/mol. The predicted molar refractivity (Wildman–Crippen MR) is 117 cm³/mol. The van der Waals surface area contributed by atoms with Crippen molar-refractivity contribution in [3.8, 4) is 0 Å². The third-order valence-corrected chi connectivity index (χ3v) is 4.50. The molecule has 1 aromatic rings. The van der Waals surface area contributed by atoms with Crippen LogP contribution in [0.15, 0.2) is 29.3 Å². The van der Waals surface area contributed by atoms with E-state index in [1.54, 1.807) is 0 Å². The van der Waals surface area contributed by atoms with E-state index in [-0.39, 0.29) is 34.9 Å². The van der Waals surface area contributed by atoms with Crippen LogP contribution in [0, 0.1) is 0 Å². The Balaban J connectivity index is 0.00000312. The SMILES string of the molecule is CCNC(=NCC1(c2cccc(Cl)c2)CCOCC1)NC(C)(C)C.I. The average molecular weight is 480 g/mol. The Morgan fingerprint density at radius 3 is 2.52 bits per heavy atom. The maximum Gasteiger partial charge on any atom is 0.191 e. The number of guanidine groups is 1. The highest BCUT2D eigenvalue weighted by atomic mass is 127. The predicted octanol–water partition coefficient (Wildman–Crippen LogP) is 4.36. The molecule has 142 valence electrons. The fraction of sp³-hybridized carbons (Fsp3) is 0.632. The van der Waals surface area contributed by atoms with Crippen molar-refractivity contribution in [1.82, 2.24) is 10.6 Å². The van der Waals surface area contributed by atoms with E-state index in [4.69, 9.17) is 21.3 Å². The average Bonchev–Trinajstić information content (AvgIpc) is 2.52. The molecule has 0 aromatic heterocycles. The minimum Gasteiger partial charge on any atom is -0.381 e. The Labute approximate surface area is 174 Å². The van der Waals surface area contributed by atoms with Crippen molar-refractivity contribution < 1.29 is 4.74 Å². The lowest BCUT2D eigenvalue weighted by molar-refractivity contribution is 0.0531. The molecule has 0 spiro atoms. The summed E-state index contributed by atoms with van der Waals surface area (Å²) in [5, 5.41) is 7.58. The molecule has 6 heteroatoms. The van der Waals surface area contributed by atoms with Crippen LogP contribution in [-0.2, 0) is 10.2 Å². The Morgan fingerprint density at radius 2 is 1.96 bits per heavy atom. The second kappa shape index (κ2) is 9.97. The van der Waals surface area contributed by atoms with E-state index in [2.05, 4.69) is 50.5 Å². The number of halogens is 2. The van der Waals surface area contributed by atoms with Crippen LogP contribution in [0.3, 0.4) is 0 Å². The van der Waals surface area contributed by atoms with Gasteiger partial charge in [0.05, 0.1) is 6.54 Å². The quantitative estimate of drug-likeness (QED) is 0.383. The summed E-state index contributed by atoms with van der Waals surface area (Å²) in [7, 11) is 0. The van der Waals surface area contributed by atoms with Crippen LogP contribution in [0.25, 0.3) is 0 Å². The molecular weight excluding hydrogens is 449 g/mol. The fourth-order valence-corrected chi connectivity index (χ4v) is 3.20. The first-order chi connectivity index (χ1) is 11.3. The van der Waals surface area contributed by atoms with Gasteiger partial charge in [-0.05, 0) is 58.2 Å². The number of hydrogen-bond acceptors (Lipinski definition) is 2. The first kappa shape index (κ1) is 22.5. The van der Waals surface area contributed by atoms with Crippen LogP contribution in [0.4, 0.5) is 0 Å². The molecule has 1 aliphatic rings. The Hall–Kier alpha value is -0.530. The van der Waals surface area contributed by atoms with Crippen molar-refractivity contribution in [1.29, 1.82) is 0 Å². The number of aliphatic imine (C=N–C) groups is 1. The summed E-state index contributed by atoms with van der Waals surface area (Å²) in [5.41, 5.74) is 1.22. The molecule has 0 saturated carbocycles. The number of nitrogens with one attached hydrogen (secondary N) is 2. The van der Waals surface area contributed by atoms with E-state index in [1.807, 2.05) is 12.1 Å². The van der Waals surface area contributed by atoms with Gasteiger partial charge in [-0.1, -0.05) is 23.7 Å². The zero-order valence-electron chi connectivity index (χ0n) is 15.7. The summed E-state index contributed by atoms with van der Waals surface area (Å²) >= 11 is 6.23. The second-order valence-corrected chi connectivity index (χ2v) is 7.91. The van der Waals surface area contributed by atoms with Gasteiger partial charge in [-0.2, -0.15) is 0 Å². The van der Waals surface area contributed by atoms with Crippen LogP contribution in [0.2, 0.25) is 5.02 Å². The number of ether oxygens (including phenoxy) is 1. The van der Waals surface area contributed by atoms with Crippen LogP contribution in [0.1, 0.15) is 46.1 Å². The maximum atomic E-state index is 6.23. The third kappa shape index (κ3) is 6.94. The normalized spacial score (nSPS) is 17.6. The van der Waals surface area contributed by atoms with Gasteiger partial charge in [0.15, 0.2) is 5.96 Å². The fourth-order valence-electron chi connectivity index (χ4n) is 3.01. The summed E-state index contributed by atoms with van der Waals surface area (Å²) in [6, 6.07) is 8.19. The molecular formula is C19H31ClIN3O. The lowest BCUT2D eigenvalue weighted by Gasteiger charge is -2.37. The van der Waals surface area contributed by atoms with Crippen molar-refractivity contribution >= 4 is 41.5 Å². The largest absolute Gasteiger partial charge is 0.381 e. The van der Waals surface area contributed by atoms with Gasteiger partial charge in [-0.15, -0.1) is 24.0 Å². The number of nitrogens with zero attached hydrogens (tertiary/aromatic N) is 1. The van der Waals surface area contributed by atoms with Crippen molar-refractivity contribution in [2.45, 2.75) is 51.5 Å². The molecule has 0 bridgehead atoms. The zero-order valence-corrected chi connectivity index (χ0v) is 18.8. The lowest BCUT2D eigenvalue weighted by Crippen LogP contribution is -2.48. The third-order valence-electron chi connectivity index (χ3n) is 4.26. The first-order valence-corrected chi connectivity index (χ1v) is 9.13. The van der Waals surface area contributed by atoms with E-state index in [9.17, 15) is 0 Å². The summed E-state index contributed by atoms with van der Waals surface area (Å²) < 4.78 is 5.60. The first-order valence-electron chi connectivity index (χ1n) is 8.75. The van der Waals surface area contributed by atoms with Gasteiger partial charge >= 0.3 is 0 Å². The molecule has 0 amide bonds. The van der Waals surface area contributed by atoms with E-state index in [0.29, 0.717) is 0 Å². The smallest absolute Gasteiger partial charge is 0.191 e. The molecule has 0 radical (unpaired) electrons. The van der Waals surface area contributed by atoms with E-state index in [0.717, 1.165) is 50.1 Å². The topological polar surface area (TPSA) is 45.7 Å². The number of benzene rings is 1. The summed E-state index contributed by atoms with van der Waals surface area (Å²) in [4.78, 5) is 4.90. The maximum absolute atomic E-state index is 6.23. The molecule has 2 N–H and O–H groups in total. The zero-order chi connectivity index (χ0) is 17.6. The minimum absolute atomic E-state index is 0. The highest BCUT2D eigenvalue weighted by molar-refractivity contribution is 14.0. The van der Waals surface area contributed by atoms with Gasteiger partial charge in [0, 0.05) is 35.7 Å². The van der Waals surface area contributed by atoms with E-state index >= 15 is 0 Å². The van der Waals surface area contributed by atoms with Crippen LogP contribution >= 0.6 is 35.6 Å². The van der Waals surface area contributed by atoms with Crippen LogP contribution < -0.4 is 10.6 Å². The Bertz CT molecular complexity index is 566. The van der Waals surface area contributed by atoms with Gasteiger partial charge in [0.1, 0.15) is 0 Å². The molecule has 0 unspecified atom stereocenters. The minimum atomic E-state index is -0.0279.